The lowest BCUT2D eigenvalue weighted by Crippen LogP contribution is -2.25. The largest absolute Gasteiger partial charge is 0.494 e. The Morgan fingerprint density at radius 1 is 1.04 bits per heavy atom. The van der Waals surface area contributed by atoms with Gasteiger partial charge in [-0.05, 0) is 55.3 Å². The SMILES string of the molecule is CCCOc1ccc(/C(C)=N\NC(=O)COc2ccccc2OC)cc1. The van der Waals surface area contributed by atoms with Gasteiger partial charge in [0, 0.05) is 0 Å². The summed E-state index contributed by atoms with van der Waals surface area (Å²) in [6.07, 6.45) is 0.963. The quantitative estimate of drug-likeness (QED) is 0.552. The molecule has 0 aliphatic heterocycles. The maximum absolute atomic E-state index is 11.9. The fourth-order valence-electron chi connectivity index (χ4n) is 2.14. The zero-order chi connectivity index (χ0) is 18.8. The number of ether oxygens (including phenoxy) is 3. The van der Waals surface area contributed by atoms with Crippen molar-refractivity contribution in [2.45, 2.75) is 20.3 Å². The first-order chi connectivity index (χ1) is 12.6. The van der Waals surface area contributed by atoms with Crippen LogP contribution < -0.4 is 19.6 Å². The summed E-state index contributed by atoms with van der Waals surface area (Å²) in [4.78, 5) is 11.9. The summed E-state index contributed by atoms with van der Waals surface area (Å²) in [6, 6.07) is 14.7. The van der Waals surface area contributed by atoms with Gasteiger partial charge in [-0.2, -0.15) is 5.10 Å². The van der Waals surface area contributed by atoms with Crippen LogP contribution in [0.25, 0.3) is 0 Å². The van der Waals surface area contributed by atoms with Gasteiger partial charge in [0.1, 0.15) is 5.75 Å². The summed E-state index contributed by atoms with van der Waals surface area (Å²) in [6.45, 7) is 4.42. The first kappa shape index (κ1) is 19.3. The van der Waals surface area contributed by atoms with E-state index >= 15 is 0 Å². The Kier molecular flexibility index (Phi) is 7.49. The van der Waals surface area contributed by atoms with Crippen LogP contribution in [0.5, 0.6) is 17.2 Å². The molecule has 2 aromatic carbocycles. The van der Waals surface area contributed by atoms with Crippen LogP contribution >= 0.6 is 0 Å². The van der Waals surface area contributed by atoms with E-state index in [2.05, 4.69) is 17.5 Å². The molecule has 0 heterocycles. The molecule has 0 spiro atoms. The van der Waals surface area contributed by atoms with Gasteiger partial charge in [0.15, 0.2) is 18.1 Å². The van der Waals surface area contributed by atoms with Crippen molar-refractivity contribution in [3.05, 3.63) is 54.1 Å². The topological polar surface area (TPSA) is 69.2 Å². The van der Waals surface area contributed by atoms with E-state index in [1.165, 1.54) is 0 Å². The van der Waals surface area contributed by atoms with E-state index in [0.717, 1.165) is 17.7 Å². The molecule has 0 fully saturated rings. The molecule has 0 aliphatic rings. The smallest absolute Gasteiger partial charge is 0.277 e. The lowest BCUT2D eigenvalue weighted by molar-refractivity contribution is -0.123. The van der Waals surface area contributed by atoms with Gasteiger partial charge >= 0.3 is 0 Å². The predicted octanol–water partition coefficient (Wildman–Crippen LogP) is 3.40. The molecule has 2 aromatic rings. The van der Waals surface area contributed by atoms with Gasteiger partial charge in [-0.1, -0.05) is 19.1 Å². The summed E-state index contributed by atoms with van der Waals surface area (Å²) in [5, 5.41) is 4.11. The van der Waals surface area contributed by atoms with Crippen LogP contribution in [0.1, 0.15) is 25.8 Å². The fraction of sp³-hybridized carbons (Fsp3) is 0.300. The van der Waals surface area contributed by atoms with E-state index < -0.39 is 0 Å². The number of carbonyl (C=O) groups is 1. The minimum absolute atomic E-state index is 0.152. The van der Waals surface area contributed by atoms with Crippen molar-refractivity contribution in [1.82, 2.24) is 5.43 Å². The molecule has 26 heavy (non-hydrogen) atoms. The maximum Gasteiger partial charge on any atom is 0.277 e. The highest BCUT2D eigenvalue weighted by molar-refractivity contribution is 5.99. The molecular formula is C20H24N2O4. The third-order valence-corrected chi connectivity index (χ3v) is 3.52. The number of hydrogen-bond donors (Lipinski definition) is 1. The number of carbonyl (C=O) groups excluding carboxylic acids is 1. The molecule has 0 saturated carbocycles. The minimum Gasteiger partial charge on any atom is -0.494 e. The minimum atomic E-state index is -0.349. The Hall–Kier alpha value is -3.02. The van der Waals surface area contributed by atoms with Crippen molar-refractivity contribution in [2.75, 3.05) is 20.3 Å². The van der Waals surface area contributed by atoms with Crippen molar-refractivity contribution >= 4 is 11.6 Å². The highest BCUT2D eigenvalue weighted by Crippen LogP contribution is 2.25. The number of nitrogens with one attached hydrogen (secondary N) is 1. The van der Waals surface area contributed by atoms with Gasteiger partial charge in [-0.15, -0.1) is 0 Å². The van der Waals surface area contributed by atoms with E-state index in [-0.39, 0.29) is 12.5 Å². The lowest BCUT2D eigenvalue weighted by atomic mass is 10.1. The Morgan fingerprint density at radius 2 is 1.73 bits per heavy atom. The zero-order valence-corrected chi connectivity index (χ0v) is 15.3. The number of hydrazone groups is 1. The van der Waals surface area contributed by atoms with Crippen LogP contribution in [-0.2, 0) is 4.79 Å². The highest BCUT2D eigenvalue weighted by Gasteiger charge is 2.07. The molecule has 1 amide bonds. The Labute approximate surface area is 153 Å². The first-order valence-corrected chi connectivity index (χ1v) is 8.46. The van der Waals surface area contributed by atoms with Crippen LogP contribution in [0, 0.1) is 0 Å². The molecule has 1 N–H and O–H groups in total. The van der Waals surface area contributed by atoms with E-state index in [4.69, 9.17) is 14.2 Å². The van der Waals surface area contributed by atoms with Crippen LogP contribution in [-0.4, -0.2) is 31.9 Å². The molecule has 0 unspecified atom stereocenters. The average molecular weight is 356 g/mol. The van der Waals surface area contributed by atoms with Gasteiger partial charge < -0.3 is 14.2 Å². The molecular weight excluding hydrogens is 332 g/mol. The molecule has 0 atom stereocenters. The molecule has 0 aliphatic carbocycles. The second-order valence-corrected chi connectivity index (χ2v) is 5.54. The highest BCUT2D eigenvalue weighted by atomic mass is 16.5. The standard InChI is InChI=1S/C20H24N2O4/c1-4-13-25-17-11-9-16(10-12-17)15(2)21-22-20(23)14-26-19-8-6-5-7-18(19)24-3/h5-12H,4,13-14H2,1-3H3,(H,22,23)/b21-15-. The van der Waals surface area contributed by atoms with E-state index in [1.807, 2.05) is 43.3 Å². The molecule has 0 saturated heterocycles. The maximum atomic E-state index is 11.9. The third-order valence-electron chi connectivity index (χ3n) is 3.52. The van der Waals surface area contributed by atoms with Crippen LogP contribution in [0.2, 0.25) is 0 Å². The van der Waals surface area contributed by atoms with Crippen molar-refractivity contribution in [2.24, 2.45) is 5.10 Å². The van der Waals surface area contributed by atoms with Crippen molar-refractivity contribution in [3.8, 4) is 17.2 Å². The molecule has 138 valence electrons. The van der Waals surface area contributed by atoms with Gasteiger partial charge in [0.2, 0.25) is 0 Å². The summed E-state index contributed by atoms with van der Waals surface area (Å²) < 4.78 is 16.2. The Morgan fingerprint density at radius 3 is 2.38 bits per heavy atom. The van der Waals surface area contributed by atoms with Gasteiger partial charge in [0.25, 0.3) is 5.91 Å². The van der Waals surface area contributed by atoms with E-state index in [9.17, 15) is 4.79 Å². The first-order valence-electron chi connectivity index (χ1n) is 8.46. The molecule has 6 heteroatoms. The number of benzene rings is 2. The molecule has 0 aromatic heterocycles. The second kappa shape index (κ2) is 10.1. The Balaban J connectivity index is 1.86. The number of amides is 1. The van der Waals surface area contributed by atoms with E-state index in [0.29, 0.717) is 23.8 Å². The molecule has 0 radical (unpaired) electrons. The third kappa shape index (κ3) is 5.81. The van der Waals surface area contributed by atoms with Gasteiger partial charge in [-0.3, -0.25) is 4.79 Å². The number of para-hydroxylation sites is 2. The summed E-state index contributed by atoms with van der Waals surface area (Å²) in [5.74, 6) is 1.55. The van der Waals surface area contributed by atoms with Gasteiger partial charge in [-0.25, -0.2) is 5.43 Å². The fourth-order valence-corrected chi connectivity index (χ4v) is 2.14. The summed E-state index contributed by atoms with van der Waals surface area (Å²) >= 11 is 0. The summed E-state index contributed by atoms with van der Waals surface area (Å²) in [5.41, 5.74) is 4.08. The summed E-state index contributed by atoms with van der Waals surface area (Å²) in [7, 11) is 1.55. The number of rotatable bonds is 9. The van der Waals surface area contributed by atoms with Crippen molar-refractivity contribution < 1.29 is 19.0 Å². The number of nitrogens with zero attached hydrogens (tertiary/aromatic N) is 1. The van der Waals surface area contributed by atoms with Crippen LogP contribution in [0.15, 0.2) is 53.6 Å². The van der Waals surface area contributed by atoms with Gasteiger partial charge in [0.05, 0.1) is 19.4 Å². The number of methoxy groups -OCH3 is 1. The second-order valence-electron chi connectivity index (χ2n) is 5.54. The molecule has 0 bridgehead atoms. The normalized spacial score (nSPS) is 11.0. The molecule has 2 rings (SSSR count). The van der Waals surface area contributed by atoms with Crippen molar-refractivity contribution in [3.63, 3.8) is 0 Å². The predicted molar refractivity (Wildman–Crippen MR) is 101 cm³/mol. The monoisotopic (exact) mass is 356 g/mol. The van der Waals surface area contributed by atoms with Crippen LogP contribution in [0.4, 0.5) is 0 Å². The molecule has 6 nitrogen and oxygen atoms in total. The van der Waals surface area contributed by atoms with E-state index in [1.54, 1.807) is 19.2 Å². The van der Waals surface area contributed by atoms with Crippen molar-refractivity contribution in [1.29, 1.82) is 0 Å². The number of hydrogen-bond acceptors (Lipinski definition) is 5. The van der Waals surface area contributed by atoms with Crippen LogP contribution in [0.3, 0.4) is 0 Å². The zero-order valence-electron chi connectivity index (χ0n) is 15.3. The lowest BCUT2D eigenvalue weighted by Gasteiger charge is -2.09. The average Bonchev–Trinajstić information content (AvgIpc) is 2.69. The Bertz CT molecular complexity index is 742.